The fraction of sp³-hybridized carbons (Fsp3) is 0.585. The molecule has 7 atom stereocenters. The molecule has 248 valence electrons. The van der Waals surface area contributed by atoms with E-state index in [0.29, 0.717) is 24.7 Å². The number of hydrogen-bond donors (Lipinski definition) is 2. The molecule has 5 heteroatoms. The molecule has 0 heterocycles. The molecule has 3 aliphatic carbocycles. The van der Waals surface area contributed by atoms with Gasteiger partial charge in [-0.25, -0.2) is 4.39 Å². The number of alkyl halides is 1. The highest BCUT2D eigenvalue weighted by atomic mass is 19.1. The highest BCUT2D eigenvalue weighted by Gasteiger charge is 2.59. The molecular formula is C41H54FNO3. The number of benzene rings is 3. The minimum atomic E-state index is -0.972. The van der Waals surface area contributed by atoms with Gasteiger partial charge in [0, 0.05) is 19.0 Å². The number of hydrogen-bond acceptors (Lipinski definition) is 3. The van der Waals surface area contributed by atoms with Gasteiger partial charge in [-0.3, -0.25) is 4.79 Å². The number of fused-ring (bicyclic) bond motifs is 6. The van der Waals surface area contributed by atoms with E-state index in [1.54, 1.807) is 6.07 Å². The predicted octanol–water partition coefficient (Wildman–Crippen LogP) is 9.15. The number of halogens is 1. The van der Waals surface area contributed by atoms with Crippen molar-refractivity contribution >= 4 is 16.7 Å². The third-order valence-electron chi connectivity index (χ3n) is 12.1. The molecule has 0 bridgehead atoms. The fourth-order valence-corrected chi connectivity index (χ4v) is 9.64. The lowest BCUT2D eigenvalue weighted by molar-refractivity contribution is -0.130. The smallest absolute Gasteiger partial charge is 0.226 e. The number of rotatable bonds is 13. The molecule has 3 aromatic rings. The molecule has 2 saturated carbocycles. The Morgan fingerprint density at radius 2 is 1.70 bits per heavy atom. The lowest BCUT2D eigenvalue weighted by Gasteiger charge is -2.54. The van der Waals surface area contributed by atoms with E-state index in [1.165, 1.54) is 23.6 Å². The van der Waals surface area contributed by atoms with Crippen LogP contribution in [0, 0.1) is 23.2 Å². The van der Waals surface area contributed by atoms with Crippen LogP contribution in [0.15, 0.2) is 60.7 Å². The van der Waals surface area contributed by atoms with Crippen molar-refractivity contribution < 1.29 is 19.4 Å². The van der Waals surface area contributed by atoms with Gasteiger partial charge in [0.2, 0.25) is 5.91 Å². The first kappa shape index (κ1) is 33.0. The molecule has 2 fully saturated rings. The lowest BCUT2D eigenvalue weighted by atomic mass is 9.51. The average molecular weight is 628 g/mol. The Morgan fingerprint density at radius 3 is 2.48 bits per heavy atom. The third-order valence-corrected chi connectivity index (χ3v) is 12.1. The Bertz CT molecular complexity index is 1490. The number of phenols is 1. The number of carbonyl (C=O) groups is 1. The van der Waals surface area contributed by atoms with E-state index in [2.05, 4.69) is 49.1 Å². The molecule has 1 amide bonds. The maximum atomic E-state index is 16.1. The second kappa shape index (κ2) is 14.5. The molecule has 46 heavy (non-hydrogen) atoms. The number of aliphatic hydroxyl groups is 1. The van der Waals surface area contributed by atoms with Gasteiger partial charge >= 0.3 is 0 Å². The average Bonchev–Trinajstić information content (AvgIpc) is 3.34. The second-order valence-electron chi connectivity index (χ2n) is 15.0. The van der Waals surface area contributed by atoms with Crippen molar-refractivity contribution in [2.45, 2.75) is 116 Å². The Balaban J connectivity index is 1.09. The van der Waals surface area contributed by atoms with E-state index in [4.69, 9.17) is 0 Å². The van der Waals surface area contributed by atoms with Crippen molar-refractivity contribution in [3.05, 3.63) is 77.4 Å². The number of carbonyl (C=O) groups excluding carboxylic acids is 1. The zero-order valence-corrected chi connectivity index (χ0v) is 28.0. The molecule has 6 rings (SSSR count). The third kappa shape index (κ3) is 6.86. The van der Waals surface area contributed by atoms with E-state index in [9.17, 15) is 15.0 Å². The van der Waals surface area contributed by atoms with Crippen molar-refractivity contribution in [2.75, 3.05) is 13.1 Å². The van der Waals surface area contributed by atoms with E-state index < -0.39 is 12.3 Å². The first-order valence-corrected chi connectivity index (χ1v) is 18.2. The summed E-state index contributed by atoms with van der Waals surface area (Å²) in [5, 5.41) is 23.6. The van der Waals surface area contributed by atoms with Gasteiger partial charge in [-0.2, -0.15) is 0 Å². The summed E-state index contributed by atoms with van der Waals surface area (Å²) in [6.45, 7) is 5.95. The number of aliphatic hydroxyl groups excluding tert-OH is 1. The van der Waals surface area contributed by atoms with E-state index in [0.717, 1.165) is 87.6 Å². The normalized spacial score (nSPS) is 28.4. The highest BCUT2D eigenvalue weighted by molar-refractivity contribution is 5.85. The molecule has 3 unspecified atom stereocenters. The van der Waals surface area contributed by atoms with Crippen molar-refractivity contribution in [1.29, 1.82) is 0 Å². The maximum absolute atomic E-state index is 16.1. The standard InChI is InChI=1S/C41H54FNO3/c1-3-4-5-10-21-43(38(46)24-28-15-16-29-12-8-9-13-30(29)23-28)22-11-6-7-14-31-25-32-26-33(44)17-18-34(32)40-36(42)27-41(2)35(39(31)40)19-20-37(41)45/h8-9,12-13,15-18,23,26,31,35-37,39-40,44-45H,3-7,10-11,14,19-22,24-25,27H2,1-2H3/t31-,35?,36+,37+,39?,40?,41+/m1/s1. The van der Waals surface area contributed by atoms with Crippen molar-refractivity contribution in [3.8, 4) is 5.75 Å². The van der Waals surface area contributed by atoms with Crippen LogP contribution in [0.3, 0.4) is 0 Å². The SMILES string of the molecule is CCCCCCN(CCCCC[C@@H]1Cc2cc(O)ccc2C2C1C1CC[C@H](O)[C@@]1(C)C[C@@H]2F)C(=O)Cc1ccc2ccccc2c1. The van der Waals surface area contributed by atoms with Crippen molar-refractivity contribution in [2.24, 2.45) is 23.2 Å². The minimum Gasteiger partial charge on any atom is -0.508 e. The van der Waals surface area contributed by atoms with Gasteiger partial charge in [0.15, 0.2) is 0 Å². The zero-order valence-electron chi connectivity index (χ0n) is 28.0. The molecule has 3 aliphatic rings. The van der Waals surface area contributed by atoms with Crippen LogP contribution < -0.4 is 0 Å². The Labute approximate surface area is 275 Å². The molecule has 0 saturated heterocycles. The Kier molecular flexibility index (Phi) is 10.4. The second-order valence-corrected chi connectivity index (χ2v) is 15.0. The Morgan fingerprint density at radius 1 is 0.935 bits per heavy atom. The lowest BCUT2D eigenvalue weighted by Crippen LogP contribution is -2.51. The van der Waals surface area contributed by atoms with Gasteiger partial charge in [0.1, 0.15) is 11.9 Å². The monoisotopic (exact) mass is 627 g/mol. The summed E-state index contributed by atoms with van der Waals surface area (Å²) in [7, 11) is 0. The van der Waals surface area contributed by atoms with Crippen LogP contribution in [-0.4, -0.2) is 46.4 Å². The minimum absolute atomic E-state index is 0.149. The van der Waals surface area contributed by atoms with Gasteiger partial charge in [0.25, 0.3) is 0 Å². The predicted molar refractivity (Wildman–Crippen MR) is 185 cm³/mol. The maximum Gasteiger partial charge on any atom is 0.226 e. The molecule has 4 nitrogen and oxygen atoms in total. The van der Waals surface area contributed by atoms with Gasteiger partial charge in [-0.1, -0.05) is 94.5 Å². The molecule has 2 N–H and O–H groups in total. The van der Waals surface area contributed by atoms with Crippen LogP contribution in [0.1, 0.15) is 107 Å². The van der Waals surface area contributed by atoms with E-state index in [1.807, 2.05) is 24.3 Å². The van der Waals surface area contributed by atoms with Gasteiger partial charge < -0.3 is 15.1 Å². The number of amides is 1. The summed E-state index contributed by atoms with van der Waals surface area (Å²) < 4.78 is 16.1. The Hall–Kier alpha value is -2.92. The van der Waals surface area contributed by atoms with Crippen LogP contribution >= 0.6 is 0 Å². The summed E-state index contributed by atoms with van der Waals surface area (Å²) in [6.07, 6.45) is 10.8. The number of aromatic hydroxyl groups is 1. The van der Waals surface area contributed by atoms with Gasteiger partial charge in [0.05, 0.1) is 12.5 Å². The molecule has 3 aromatic carbocycles. The highest BCUT2D eigenvalue weighted by Crippen LogP contribution is 2.63. The summed E-state index contributed by atoms with van der Waals surface area (Å²) >= 11 is 0. The van der Waals surface area contributed by atoms with E-state index >= 15 is 4.39 Å². The molecule has 0 aromatic heterocycles. The van der Waals surface area contributed by atoms with Crippen molar-refractivity contribution in [3.63, 3.8) is 0 Å². The van der Waals surface area contributed by atoms with Crippen LogP contribution in [0.2, 0.25) is 0 Å². The van der Waals surface area contributed by atoms with Crippen LogP contribution in [0.5, 0.6) is 5.75 Å². The van der Waals surface area contributed by atoms with Crippen LogP contribution in [0.25, 0.3) is 10.8 Å². The topological polar surface area (TPSA) is 60.8 Å². The number of unbranched alkanes of at least 4 members (excludes halogenated alkanes) is 5. The van der Waals surface area contributed by atoms with Crippen LogP contribution in [-0.2, 0) is 17.6 Å². The molecule has 0 aliphatic heterocycles. The zero-order chi connectivity index (χ0) is 32.3. The fourth-order valence-electron chi connectivity index (χ4n) is 9.64. The molecule has 0 radical (unpaired) electrons. The quantitative estimate of drug-likeness (QED) is 0.186. The van der Waals surface area contributed by atoms with Gasteiger partial charge in [-0.15, -0.1) is 0 Å². The largest absolute Gasteiger partial charge is 0.508 e. The summed E-state index contributed by atoms with van der Waals surface area (Å²) in [5.41, 5.74) is 2.91. The van der Waals surface area contributed by atoms with Crippen molar-refractivity contribution in [1.82, 2.24) is 4.90 Å². The van der Waals surface area contributed by atoms with E-state index in [-0.39, 0.29) is 28.9 Å². The summed E-state index contributed by atoms with van der Waals surface area (Å²) in [6, 6.07) is 20.2. The molecule has 0 spiro atoms. The first-order valence-electron chi connectivity index (χ1n) is 18.2. The summed E-state index contributed by atoms with van der Waals surface area (Å²) in [5.74, 6) is 1.22. The number of phenolic OH excluding ortho intramolecular Hbond substituents is 1. The van der Waals surface area contributed by atoms with Gasteiger partial charge in [-0.05, 0) is 108 Å². The first-order chi connectivity index (χ1) is 22.3. The van der Waals surface area contributed by atoms with Crippen LogP contribution in [0.4, 0.5) is 4.39 Å². The number of nitrogens with zero attached hydrogens (tertiary/aromatic N) is 1. The molecular weight excluding hydrogens is 573 g/mol. The summed E-state index contributed by atoms with van der Waals surface area (Å²) in [4.78, 5) is 15.7.